The summed E-state index contributed by atoms with van der Waals surface area (Å²) in [5.41, 5.74) is 13.1. The molecule has 1 atom stereocenters. The van der Waals surface area contributed by atoms with Gasteiger partial charge in [-0.2, -0.15) is 0 Å². The van der Waals surface area contributed by atoms with Gasteiger partial charge in [0, 0.05) is 37.0 Å². The van der Waals surface area contributed by atoms with E-state index in [0.29, 0.717) is 18.5 Å². The Kier molecular flexibility index (Phi) is 7.77. The van der Waals surface area contributed by atoms with E-state index in [9.17, 15) is 4.79 Å². The van der Waals surface area contributed by atoms with Crippen LogP contribution < -0.4 is 15.4 Å². The summed E-state index contributed by atoms with van der Waals surface area (Å²) in [4.78, 5) is 13.2. The molecule has 6 nitrogen and oxygen atoms in total. The Balaban J connectivity index is 1.42. The van der Waals surface area contributed by atoms with E-state index < -0.39 is 0 Å². The van der Waals surface area contributed by atoms with Crippen molar-refractivity contribution in [2.24, 2.45) is 11.1 Å². The number of anilines is 1. The van der Waals surface area contributed by atoms with E-state index in [2.05, 4.69) is 47.4 Å². The maximum absolute atomic E-state index is 10.7. The minimum Gasteiger partial charge on any atom is -0.488 e. The van der Waals surface area contributed by atoms with Crippen molar-refractivity contribution < 1.29 is 19.0 Å². The molecule has 0 aliphatic carbocycles. The second-order valence-corrected chi connectivity index (χ2v) is 10.4. The number of nitrogens with zero attached hydrogens (tertiary/aromatic N) is 1. The number of hydrogen-bond donors (Lipinski definition) is 1. The lowest BCUT2D eigenvalue weighted by Crippen LogP contribution is -2.40. The molecule has 0 radical (unpaired) electrons. The highest BCUT2D eigenvalue weighted by Crippen LogP contribution is 2.41. The van der Waals surface area contributed by atoms with Crippen LogP contribution in [0.2, 0.25) is 0 Å². The Morgan fingerprint density at radius 1 is 1.00 bits per heavy atom. The van der Waals surface area contributed by atoms with Crippen molar-refractivity contribution in [1.82, 2.24) is 0 Å². The number of nitrogens with two attached hydrogens (primary N) is 1. The predicted octanol–water partition coefficient (Wildman–Crippen LogP) is 5.63. The molecule has 0 unspecified atom stereocenters. The Labute approximate surface area is 219 Å². The van der Waals surface area contributed by atoms with E-state index in [0.717, 1.165) is 72.7 Å². The van der Waals surface area contributed by atoms with Gasteiger partial charge in [-0.25, -0.2) is 0 Å². The molecular weight excluding hydrogens is 464 g/mol. The van der Waals surface area contributed by atoms with Crippen LogP contribution >= 0.6 is 0 Å². The molecule has 1 spiro atoms. The lowest BCUT2D eigenvalue weighted by molar-refractivity contribution is -0.129. The fraction of sp³-hybridized carbons (Fsp3) is 0.387. The smallest absolute Gasteiger partial charge is 0.293 e. The number of rotatable bonds is 9. The largest absolute Gasteiger partial charge is 0.488 e. The van der Waals surface area contributed by atoms with E-state index in [1.54, 1.807) is 0 Å². The minimum atomic E-state index is -0.0251. The van der Waals surface area contributed by atoms with E-state index in [1.807, 2.05) is 31.2 Å². The van der Waals surface area contributed by atoms with Gasteiger partial charge in [-0.3, -0.25) is 4.79 Å². The molecule has 0 amide bonds. The average molecular weight is 501 g/mol. The molecule has 5 rings (SSSR count). The first kappa shape index (κ1) is 25.3. The van der Waals surface area contributed by atoms with Gasteiger partial charge in [-0.15, -0.1) is 0 Å². The number of carbonyl (C=O) groups is 1. The second kappa shape index (κ2) is 11.4. The summed E-state index contributed by atoms with van der Waals surface area (Å²) in [6, 6.07) is 22.9. The van der Waals surface area contributed by atoms with Crippen molar-refractivity contribution in [1.29, 1.82) is 0 Å². The van der Waals surface area contributed by atoms with Crippen LogP contribution in [0.1, 0.15) is 48.9 Å². The van der Waals surface area contributed by atoms with Gasteiger partial charge in [0.25, 0.3) is 6.47 Å². The van der Waals surface area contributed by atoms with E-state index in [1.165, 1.54) is 12.1 Å². The summed E-state index contributed by atoms with van der Waals surface area (Å²) >= 11 is 0. The zero-order valence-corrected chi connectivity index (χ0v) is 21.5. The molecule has 2 fully saturated rings. The van der Waals surface area contributed by atoms with Gasteiger partial charge in [0.15, 0.2) is 0 Å². The Morgan fingerprint density at radius 3 is 2.59 bits per heavy atom. The molecule has 2 N–H and O–H groups in total. The Bertz CT molecular complexity index is 1210. The summed E-state index contributed by atoms with van der Waals surface area (Å²) in [6.45, 7) is 6.92. The van der Waals surface area contributed by atoms with Gasteiger partial charge in [0.05, 0.1) is 6.61 Å². The van der Waals surface area contributed by atoms with Gasteiger partial charge in [0.2, 0.25) is 0 Å². The topological polar surface area (TPSA) is 74.0 Å². The molecule has 194 valence electrons. The van der Waals surface area contributed by atoms with Crippen LogP contribution in [0.3, 0.4) is 0 Å². The lowest BCUT2D eigenvalue weighted by atomic mass is 9.78. The van der Waals surface area contributed by atoms with Crippen LogP contribution in [0, 0.1) is 5.41 Å². The molecule has 2 aliphatic heterocycles. The molecular formula is C31H36N2O4. The lowest BCUT2D eigenvalue weighted by Gasteiger charge is -2.39. The van der Waals surface area contributed by atoms with Crippen LogP contribution in [0.15, 0.2) is 66.7 Å². The van der Waals surface area contributed by atoms with Crippen molar-refractivity contribution >= 4 is 12.2 Å². The van der Waals surface area contributed by atoms with Gasteiger partial charge >= 0.3 is 0 Å². The average Bonchev–Trinajstić information content (AvgIpc) is 3.39. The molecule has 0 saturated carbocycles. The van der Waals surface area contributed by atoms with Crippen LogP contribution in [-0.2, 0) is 27.5 Å². The fourth-order valence-electron chi connectivity index (χ4n) is 5.44. The van der Waals surface area contributed by atoms with Gasteiger partial charge in [0.1, 0.15) is 19.0 Å². The van der Waals surface area contributed by atoms with Crippen LogP contribution in [0.25, 0.3) is 11.1 Å². The third-order valence-corrected chi connectivity index (χ3v) is 7.77. The number of piperidine rings is 1. The quantitative estimate of drug-likeness (QED) is 0.384. The van der Waals surface area contributed by atoms with Crippen LogP contribution in [-0.4, -0.2) is 32.8 Å². The summed E-state index contributed by atoms with van der Waals surface area (Å²) in [5, 5.41) is 0. The van der Waals surface area contributed by atoms with Crippen molar-refractivity contribution in [2.45, 2.75) is 45.4 Å². The van der Waals surface area contributed by atoms with E-state index >= 15 is 0 Å². The maximum atomic E-state index is 10.7. The third-order valence-electron chi connectivity index (χ3n) is 7.77. The van der Waals surface area contributed by atoms with E-state index in [-0.39, 0.29) is 12.6 Å². The Hall–Kier alpha value is -3.35. The molecule has 3 aromatic rings. The molecule has 2 aliphatic rings. The van der Waals surface area contributed by atoms with Crippen molar-refractivity contribution in [3.63, 3.8) is 0 Å². The second-order valence-electron chi connectivity index (χ2n) is 10.4. The standard InChI is InChI=1S/C31H36N2O4/c1-23(32)25-6-4-7-26(17-25)28-15-24(19-37-30-8-3-2-5-27(30)20-36-22-34)16-29(18-28)33-12-9-31(10-13-33)11-14-35-21-31/h2-8,15-18,22-23H,9-14,19-21,32H2,1H3/t23-/m0/s1. The highest BCUT2D eigenvalue weighted by atomic mass is 16.5. The first-order chi connectivity index (χ1) is 18.0. The number of carbonyl (C=O) groups excluding carboxylic acids is 1. The predicted molar refractivity (Wildman–Crippen MR) is 145 cm³/mol. The highest BCUT2D eigenvalue weighted by molar-refractivity contribution is 5.70. The zero-order valence-electron chi connectivity index (χ0n) is 21.5. The molecule has 2 heterocycles. The van der Waals surface area contributed by atoms with E-state index in [4.69, 9.17) is 19.9 Å². The first-order valence-electron chi connectivity index (χ1n) is 13.1. The summed E-state index contributed by atoms with van der Waals surface area (Å²) in [7, 11) is 0. The maximum Gasteiger partial charge on any atom is 0.293 e. The number of ether oxygens (including phenoxy) is 3. The normalized spacial score (nSPS) is 17.5. The third kappa shape index (κ3) is 5.97. The monoisotopic (exact) mass is 500 g/mol. The summed E-state index contributed by atoms with van der Waals surface area (Å²) in [6.07, 6.45) is 3.50. The van der Waals surface area contributed by atoms with Crippen molar-refractivity contribution in [3.8, 4) is 16.9 Å². The van der Waals surface area contributed by atoms with Crippen molar-refractivity contribution in [2.75, 3.05) is 31.2 Å². The number of para-hydroxylation sites is 1. The minimum absolute atomic E-state index is 0.0251. The zero-order chi connectivity index (χ0) is 25.7. The summed E-state index contributed by atoms with van der Waals surface area (Å²) < 4.78 is 17.0. The molecule has 0 bridgehead atoms. The van der Waals surface area contributed by atoms with Gasteiger partial charge < -0.3 is 24.8 Å². The fourth-order valence-corrected chi connectivity index (χ4v) is 5.44. The molecule has 0 aromatic heterocycles. The van der Waals surface area contributed by atoms with Crippen molar-refractivity contribution in [3.05, 3.63) is 83.4 Å². The number of hydrogen-bond acceptors (Lipinski definition) is 6. The molecule has 3 aromatic carbocycles. The molecule has 2 saturated heterocycles. The van der Waals surface area contributed by atoms with Gasteiger partial charge in [-0.05, 0) is 84.2 Å². The Morgan fingerprint density at radius 2 is 1.84 bits per heavy atom. The molecule has 37 heavy (non-hydrogen) atoms. The highest BCUT2D eigenvalue weighted by Gasteiger charge is 2.38. The van der Waals surface area contributed by atoms with Crippen LogP contribution in [0.4, 0.5) is 5.69 Å². The number of benzene rings is 3. The molecule has 6 heteroatoms. The summed E-state index contributed by atoms with van der Waals surface area (Å²) in [5.74, 6) is 0.719. The van der Waals surface area contributed by atoms with Gasteiger partial charge in [-0.1, -0.05) is 36.4 Å². The first-order valence-corrected chi connectivity index (χ1v) is 13.1. The van der Waals surface area contributed by atoms with Crippen LogP contribution in [0.5, 0.6) is 5.75 Å². The SMILES string of the molecule is C[C@H](N)c1cccc(-c2cc(COc3ccccc3COC=O)cc(N3CCC4(CCOC4)CC3)c2)c1.